The average Bonchev–Trinajstić information content (AvgIpc) is 2.98. The number of carbonyl (C=O) groups excluding carboxylic acids is 1. The van der Waals surface area contributed by atoms with Gasteiger partial charge in [-0.2, -0.15) is 0 Å². The molecule has 0 atom stereocenters. The molecule has 4 aromatic rings. The second-order valence-corrected chi connectivity index (χ2v) is 12.2. The number of benzene rings is 4. The minimum atomic E-state index is -3.41. The van der Waals surface area contributed by atoms with Gasteiger partial charge in [0.15, 0.2) is 0 Å². The van der Waals surface area contributed by atoms with Crippen LogP contribution in [0.15, 0.2) is 97.1 Å². The van der Waals surface area contributed by atoms with Crippen molar-refractivity contribution in [2.24, 2.45) is 0 Å². The Morgan fingerprint density at radius 2 is 1.42 bits per heavy atom. The summed E-state index contributed by atoms with van der Waals surface area (Å²) in [7, 11) is -3.41. The van der Waals surface area contributed by atoms with E-state index in [1.807, 2.05) is 85.8 Å². The Morgan fingerprint density at radius 3 is 2.02 bits per heavy atom. The van der Waals surface area contributed by atoms with E-state index < -0.39 is 10.0 Å². The van der Waals surface area contributed by atoms with Crippen molar-refractivity contribution in [2.75, 3.05) is 29.0 Å². The number of carbonyl (C=O) groups is 1. The maximum atomic E-state index is 11.9. The number of ether oxygens (including phenoxy) is 1. The molecule has 8 nitrogen and oxygen atoms in total. The van der Waals surface area contributed by atoms with E-state index in [4.69, 9.17) is 9.84 Å². The molecule has 3 N–H and O–H groups in total. The molecule has 0 saturated heterocycles. The van der Waals surface area contributed by atoms with Crippen LogP contribution in [0.5, 0.6) is 11.5 Å². The second kappa shape index (κ2) is 15.2. The number of nitrogens with zero attached hydrogens (tertiary/aromatic N) is 1. The van der Waals surface area contributed by atoms with Crippen LogP contribution in [0.4, 0.5) is 11.4 Å². The van der Waals surface area contributed by atoms with Gasteiger partial charge in [0.2, 0.25) is 15.9 Å². The SMILES string of the molecule is Cc1c(NS(C)(=O)=O)cccc1N(Cc1ccccc1)Cc1ccc(Oc2ccc(CCC(=O)NCCCO)cc2)cc1. The molecule has 0 aromatic heterocycles. The van der Waals surface area contributed by atoms with Gasteiger partial charge in [0.05, 0.1) is 11.9 Å². The van der Waals surface area contributed by atoms with E-state index in [1.54, 1.807) is 6.07 Å². The molecule has 1 amide bonds. The van der Waals surface area contributed by atoms with Gasteiger partial charge in [-0.15, -0.1) is 0 Å². The Balaban J connectivity index is 1.42. The van der Waals surface area contributed by atoms with Crippen LogP contribution in [0.25, 0.3) is 0 Å². The summed E-state index contributed by atoms with van der Waals surface area (Å²) in [5.41, 5.74) is 5.64. The van der Waals surface area contributed by atoms with Gasteiger partial charge < -0.3 is 20.1 Å². The lowest BCUT2D eigenvalue weighted by atomic mass is 10.1. The van der Waals surface area contributed by atoms with E-state index in [0.29, 0.717) is 56.1 Å². The Kier molecular flexibility index (Phi) is 11.2. The number of aliphatic hydroxyl groups excluding tert-OH is 1. The molecule has 0 unspecified atom stereocenters. The molecule has 4 aromatic carbocycles. The van der Waals surface area contributed by atoms with Crippen molar-refractivity contribution in [3.8, 4) is 11.5 Å². The Morgan fingerprint density at radius 1 is 0.814 bits per heavy atom. The van der Waals surface area contributed by atoms with Gasteiger partial charge in [0.1, 0.15) is 11.5 Å². The summed E-state index contributed by atoms with van der Waals surface area (Å²) in [6, 6.07) is 31.5. The molecule has 226 valence electrons. The number of aliphatic hydroxyl groups is 1. The fourth-order valence-electron chi connectivity index (χ4n) is 4.70. The van der Waals surface area contributed by atoms with Crippen LogP contribution >= 0.6 is 0 Å². The molecule has 0 aliphatic carbocycles. The van der Waals surface area contributed by atoms with Crippen molar-refractivity contribution in [1.82, 2.24) is 5.32 Å². The van der Waals surface area contributed by atoms with Crippen LogP contribution in [0.2, 0.25) is 0 Å². The van der Waals surface area contributed by atoms with Crippen LogP contribution in [0.3, 0.4) is 0 Å². The lowest BCUT2D eigenvalue weighted by molar-refractivity contribution is -0.121. The lowest BCUT2D eigenvalue weighted by Crippen LogP contribution is -2.25. The van der Waals surface area contributed by atoms with E-state index in [9.17, 15) is 13.2 Å². The average molecular weight is 602 g/mol. The number of rotatable bonds is 15. The summed E-state index contributed by atoms with van der Waals surface area (Å²) in [6.45, 7) is 3.75. The van der Waals surface area contributed by atoms with E-state index in [2.05, 4.69) is 27.1 Å². The first-order valence-electron chi connectivity index (χ1n) is 14.3. The predicted octanol–water partition coefficient (Wildman–Crippen LogP) is 5.80. The normalized spacial score (nSPS) is 11.1. The van der Waals surface area contributed by atoms with Gasteiger partial charge in [0, 0.05) is 38.3 Å². The molecule has 0 aliphatic heterocycles. The van der Waals surface area contributed by atoms with Crippen LogP contribution in [-0.4, -0.2) is 38.8 Å². The summed E-state index contributed by atoms with van der Waals surface area (Å²) >= 11 is 0. The Hall–Kier alpha value is -4.34. The fraction of sp³-hybridized carbons (Fsp3) is 0.265. The standard InChI is InChI=1S/C34H39N3O5S/c1-26-32(36-43(2,40)41)10-6-11-33(26)37(24-28-8-4-3-5-9-28)25-29-14-19-31(20-15-29)42-30-17-12-27(13-18-30)16-21-34(39)35-22-7-23-38/h3-6,8-15,17-20,36,38H,7,16,21-25H2,1-2H3,(H,35,39). The topological polar surface area (TPSA) is 108 Å². The predicted molar refractivity (Wildman–Crippen MR) is 172 cm³/mol. The highest BCUT2D eigenvalue weighted by molar-refractivity contribution is 7.92. The van der Waals surface area contributed by atoms with E-state index >= 15 is 0 Å². The molecule has 4 rings (SSSR count). The molecule has 0 aliphatic rings. The van der Waals surface area contributed by atoms with Gasteiger partial charge in [-0.05, 0) is 78.4 Å². The summed E-state index contributed by atoms with van der Waals surface area (Å²) in [5, 5.41) is 11.6. The molecule has 0 radical (unpaired) electrons. The molecule has 0 saturated carbocycles. The largest absolute Gasteiger partial charge is 0.457 e. The number of sulfonamides is 1. The van der Waals surface area contributed by atoms with Crippen LogP contribution in [0.1, 0.15) is 35.1 Å². The van der Waals surface area contributed by atoms with Crippen molar-refractivity contribution in [3.05, 3.63) is 119 Å². The molecule has 0 bridgehead atoms. The number of hydrogen-bond donors (Lipinski definition) is 3. The third-order valence-electron chi connectivity index (χ3n) is 6.91. The molecule has 0 heterocycles. The van der Waals surface area contributed by atoms with Crippen molar-refractivity contribution in [2.45, 2.75) is 39.3 Å². The zero-order valence-corrected chi connectivity index (χ0v) is 25.4. The highest BCUT2D eigenvalue weighted by Crippen LogP contribution is 2.30. The molecule has 43 heavy (non-hydrogen) atoms. The summed E-state index contributed by atoms with van der Waals surface area (Å²) in [5.74, 6) is 1.40. The first-order valence-corrected chi connectivity index (χ1v) is 16.2. The second-order valence-electron chi connectivity index (χ2n) is 10.5. The number of nitrogens with one attached hydrogen (secondary N) is 2. The first kappa shape index (κ1) is 31.6. The number of hydrogen-bond acceptors (Lipinski definition) is 6. The van der Waals surface area contributed by atoms with E-state index in [-0.39, 0.29) is 12.5 Å². The smallest absolute Gasteiger partial charge is 0.229 e. The van der Waals surface area contributed by atoms with Gasteiger partial charge >= 0.3 is 0 Å². The van der Waals surface area contributed by atoms with Crippen molar-refractivity contribution < 1.29 is 23.1 Å². The molecular weight excluding hydrogens is 562 g/mol. The van der Waals surface area contributed by atoms with Crippen molar-refractivity contribution in [3.63, 3.8) is 0 Å². The minimum Gasteiger partial charge on any atom is -0.457 e. The number of amides is 1. The summed E-state index contributed by atoms with van der Waals surface area (Å²) < 4.78 is 32.6. The van der Waals surface area contributed by atoms with Gasteiger partial charge in [-0.3, -0.25) is 9.52 Å². The number of aryl methyl sites for hydroxylation is 1. The van der Waals surface area contributed by atoms with Gasteiger partial charge in [-0.1, -0.05) is 60.7 Å². The molecule has 9 heteroatoms. The maximum Gasteiger partial charge on any atom is 0.229 e. The lowest BCUT2D eigenvalue weighted by Gasteiger charge is -2.28. The summed E-state index contributed by atoms with van der Waals surface area (Å²) in [4.78, 5) is 14.1. The van der Waals surface area contributed by atoms with E-state index in [1.165, 1.54) is 0 Å². The van der Waals surface area contributed by atoms with Gasteiger partial charge in [-0.25, -0.2) is 8.42 Å². The quantitative estimate of drug-likeness (QED) is 0.149. The Bertz CT molecular complexity index is 1580. The molecule has 0 fully saturated rings. The molecule has 0 spiro atoms. The zero-order chi connectivity index (χ0) is 30.7. The number of anilines is 2. The third kappa shape index (κ3) is 10.2. The van der Waals surface area contributed by atoms with Crippen LogP contribution in [-0.2, 0) is 34.3 Å². The van der Waals surface area contributed by atoms with Crippen molar-refractivity contribution in [1.29, 1.82) is 0 Å². The van der Waals surface area contributed by atoms with Crippen LogP contribution < -0.4 is 19.7 Å². The third-order valence-corrected chi connectivity index (χ3v) is 7.50. The highest BCUT2D eigenvalue weighted by atomic mass is 32.2. The van der Waals surface area contributed by atoms with Gasteiger partial charge in [0.25, 0.3) is 0 Å². The summed E-state index contributed by atoms with van der Waals surface area (Å²) in [6.07, 6.45) is 2.74. The molecular formula is C34H39N3O5S. The Labute approximate surface area is 254 Å². The first-order chi connectivity index (χ1) is 20.7. The zero-order valence-electron chi connectivity index (χ0n) is 24.6. The van der Waals surface area contributed by atoms with Crippen LogP contribution in [0, 0.1) is 6.92 Å². The minimum absolute atomic E-state index is 0.0235. The maximum absolute atomic E-state index is 11.9. The fourth-order valence-corrected chi connectivity index (χ4v) is 5.32. The van der Waals surface area contributed by atoms with E-state index in [0.717, 1.165) is 34.2 Å². The highest BCUT2D eigenvalue weighted by Gasteiger charge is 2.15. The monoisotopic (exact) mass is 601 g/mol. The van der Waals surface area contributed by atoms with Crippen molar-refractivity contribution >= 4 is 27.3 Å².